The monoisotopic (exact) mass is 291 g/mol. The lowest BCUT2D eigenvalue weighted by Crippen LogP contribution is -2.32. The lowest BCUT2D eigenvalue weighted by atomic mass is 10.0. The average molecular weight is 291 g/mol. The second kappa shape index (κ2) is 8.21. The molecule has 1 aromatic rings. The van der Waals surface area contributed by atoms with Crippen LogP contribution in [0.3, 0.4) is 0 Å². The Bertz CT molecular complexity index is 537. The van der Waals surface area contributed by atoms with Crippen LogP contribution < -0.4 is 5.32 Å². The fourth-order valence-corrected chi connectivity index (χ4v) is 1.85. The van der Waals surface area contributed by atoms with E-state index in [0.29, 0.717) is 18.7 Å². The molecule has 1 unspecified atom stereocenters. The van der Waals surface area contributed by atoms with Crippen LogP contribution in [0.2, 0.25) is 0 Å². The number of carbonyl (C=O) groups is 2. The van der Waals surface area contributed by atoms with Crippen molar-refractivity contribution < 1.29 is 19.4 Å². The molecule has 1 atom stereocenters. The van der Waals surface area contributed by atoms with Crippen LogP contribution in [0.4, 0.5) is 0 Å². The standard InChI is InChI=1S/C16H21NO4/c1-4-21-12(3)10-17-16(20)14-6-5-13(11(2)9-14)7-8-15(18)19/h5-9,12H,4,10H2,1-3H3,(H,17,20)(H,18,19)/b8-7+. The summed E-state index contributed by atoms with van der Waals surface area (Å²) in [7, 11) is 0. The number of carboxylic acids is 1. The zero-order valence-corrected chi connectivity index (χ0v) is 12.6. The molecule has 5 heteroatoms. The Kier molecular flexibility index (Phi) is 6.62. The summed E-state index contributed by atoms with van der Waals surface area (Å²) in [5.41, 5.74) is 2.17. The topological polar surface area (TPSA) is 75.6 Å². The molecule has 21 heavy (non-hydrogen) atoms. The average Bonchev–Trinajstić information content (AvgIpc) is 2.43. The molecule has 0 aliphatic heterocycles. The summed E-state index contributed by atoms with van der Waals surface area (Å²) in [6.07, 6.45) is 2.56. The molecule has 1 amide bonds. The zero-order valence-electron chi connectivity index (χ0n) is 12.6. The predicted octanol–water partition coefficient (Wildman–Crippen LogP) is 2.25. The Balaban J connectivity index is 2.70. The molecule has 114 valence electrons. The normalized spacial score (nSPS) is 12.3. The van der Waals surface area contributed by atoms with E-state index in [4.69, 9.17) is 9.84 Å². The van der Waals surface area contributed by atoms with E-state index in [9.17, 15) is 9.59 Å². The Labute approximate surface area is 124 Å². The number of aryl methyl sites for hydroxylation is 1. The molecule has 0 saturated heterocycles. The molecule has 1 aromatic carbocycles. The van der Waals surface area contributed by atoms with Crippen molar-refractivity contribution in [3.05, 3.63) is 41.0 Å². The smallest absolute Gasteiger partial charge is 0.328 e. The van der Waals surface area contributed by atoms with Crippen LogP contribution in [0.5, 0.6) is 0 Å². The molecule has 0 bridgehead atoms. The van der Waals surface area contributed by atoms with Gasteiger partial charge in [0.1, 0.15) is 0 Å². The molecule has 0 aromatic heterocycles. The van der Waals surface area contributed by atoms with Crippen LogP contribution in [0.25, 0.3) is 6.08 Å². The SMILES string of the molecule is CCOC(C)CNC(=O)c1ccc(/C=C/C(=O)O)c(C)c1. The third kappa shape index (κ3) is 5.79. The summed E-state index contributed by atoms with van der Waals surface area (Å²) in [5.74, 6) is -1.17. The van der Waals surface area contributed by atoms with E-state index >= 15 is 0 Å². The lowest BCUT2D eigenvalue weighted by molar-refractivity contribution is -0.131. The third-order valence-electron chi connectivity index (χ3n) is 2.94. The van der Waals surface area contributed by atoms with Gasteiger partial charge in [-0.25, -0.2) is 4.79 Å². The van der Waals surface area contributed by atoms with Crippen molar-refractivity contribution in [2.75, 3.05) is 13.2 Å². The van der Waals surface area contributed by atoms with Crippen LogP contribution in [0, 0.1) is 6.92 Å². The first-order valence-corrected chi connectivity index (χ1v) is 6.85. The summed E-state index contributed by atoms with van der Waals surface area (Å²) in [6.45, 7) is 6.70. The summed E-state index contributed by atoms with van der Waals surface area (Å²) in [4.78, 5) is 22.5. The van der Waals surface area contributed by atoms with E-state index in [1.807, 2.05) is 20.8 Å². The highest BCUT2D eigenvalue weighted by molar-refractivity contribution is 5.95. The quantitative estimate of drug-likeness (QED) is 0.755. The van der Waals surface area contributed by atoms with Gasteiger partial charge in [-0.3, -0.25) is 4.79 Å². The second-order valence-corrected chi connectivity index (χ2v) is 4.72. The fourth-order valence-electron chi connectivity index (χ4n) is 1.85. The first-order chi connectivity index (χ1) is 9.93. The van der Waals surface area contributed by atoms with Gasteiger partial charge in [-0.1, -0.05) is 6.07 Å². The van der Waals surface area contributed by atoms with Crippen molar-refractivity contribution >= 4 is 18.0 Å². The Morgan fingerprint density at radius 3 is 2.71 bits per heavy atom. The minimum Gasteiger partial charge on any atom is -0.478 e. The van der Waals surface area contributed by atoms with Gasteiger partial charge < -0.3 is 15.2 Å². The van der Waals surface area contributed by atoms with Crippen molar-refractivity contribution in [3.8, 4) is 0 Å². The number of amides is 1. The number of nitrogens with one attached hydrogen (secondary N) is 1. The van der Waals surface area contributed by atoms with E-state index in [2.05, 4.69) is 5.32 Å². The first kappa shape index (κ1) is 16.9. The van der Waals surface area contributed by atoms with Crippen LogP contribution in [0.15, 0.2) is 24.3 Å². The van der Waals surface area contributed by atoms with Crippen molar-refractivity contribution in [1.29, 1.82) is 0 Å². The Morgan fingerprint density at radius 1 is 1.43 bits per heavy atom. The highest BCUT2D eigenvalue weighted by Gasteiger charge is 2.09. The summed E-state index contributed by atoms with van der Waals surface area (Å²) in [5, 5.41) is 11.4. The van der Waals surface area contributed by atoms with Crippen molar-refractivity contribution in [3.63, 3.8) is 0 Å². The molecule has 0 fully saturated rings. The molecular weight excluding hydrogens is 270 g/mol. The van der Waals surface area contributed by atoms with Crippen LogP contribution in [-0.2, 0) is 9.53 Å². The highest BCUT2D eigenvalue weighted by atomic mass is 16.5. The number of carbonyl (C=O) groups excluding carboxylic acids is 1. The van der Waals surface area contributed by atoms with Crippen molar-refractivity contribution in [2.24, 2.45) is 0 Å². The van der Waals surface area contributed by atoms with Gasteiger partial charge in [0.05, 0.1) is 6.10 Å². The molecule has 0 radical (unpaired) electrons. The van der Waals surface area contributed by atoms with E-state index < -0.39 is 5.97 Å². The molecule has 0 saturated carbocycles. The van der Waals surface area contributed by atoms with E-state index in [1.165, 1.54) is 6.08 Å². The van der Waals surface area contributed by atoms with Crippen LogP contribution >= 0.6 is 0 Å². The molecule has 0 aliphatic carbocycles. The van der Waals surface area contributed by atoms with E-state index in [1.54, 1.807) is 18.2 Å². The molecule has 0 heterocycles. The van der Waals surface area contributed by atoms with Crippen molar-refractivity contribution in [1.82, 2.24) is 5.32 Å². The van der Waals surface area contributed by atoms with Crippen LogP contribution in [-0.4, -0.2) is 36.2 Å². The zero-order chi connectivity index (χ0) is 15.8. The van der Waals surface area contributed by atoms with Crippen LogP contribution in [0.1, 0.15) is 35.3 Å². The number of rotatable bonds is 7. The third-order valence-corrected chi connectivity index (χ3v) is 2.94. The largest absolute Gasteiger partial charge is 0.478 e. The number of hydrogen-bond acceptors (Lipinski definition) is 3. The van der Waals surface area contributed by atoms with Gasteiger partial charge >= 0.3 is 5.97 Å². The maximum atomic E-state index is 12.0. The van der Waals surface area contributed by atoms with Gasteiger partial charge in [0, 0.05) is 24.8 Å². The number of ether oxygens (including phenoxy) is 1. The highest BCUT2D eigenvalue weighted by Crippen LogP contribution is 2.13. The molecule has 0 aliphatic rings. The summed E-state index contributed by atoms with van der Waals surface area (Å²) >= 11 is 0. The number of aliphatic carboxylic acids is 1. The number of hydrogen-bond donors (Lipinski definition) is 2. The maximum Gasteiger partial charge on any atom is 0.328 e. The van der Waals surface area contributed by atoms with E-state index in [-0.39, 0.29) is 12.0 Å². The van der Waals surface area contributed by atoms with E-state index in [0.717, 1.165) is 17.2 Å². The molecular formula is C16H21NO4. The number of carboxylic acid groups (broad SMARTS) is 1. The number of benzene rings is 1. The molecule has 2 N–H and O–H groups in total. The molecule has 5 nitrogen and oxygen atoms in total. The Morgan fingerprint density at radius 2 is 2.14 bits per heavy atom. The summed E-state index contributed by atoms with van der Waals surface area (Å²) < 4.78 is 5.35. The minimum atomic E-state index is -0.999. The van der Waals surface area contributed by atoms with Gasteiger partial charge in [0.2, 0.25) is 0 Å². The molecule has 0 spiro atoms. The lowest BCUT2D eigenvalue weighted by Gasteiger charge is -2.13. The fraction of sp³-hybridized carbons (Fsp3) is 0.375. The van der Waals surface area contributed by atoms with Gasteiger partial charge in [-0.05, 0) is 50.1 Å². The maximum absolute atomic E-state index is 12.0. The van der Waals surface area contributed by atoms with Crippen molar-refractivity contribution in [2.45, 2.75) is 26.9 Å². The van der Waals surface area contributed by atoms with Gasteiger partial charge in [0.25, 0.3) is 5.91 Å². The van der Waals surface area contributed by atoms with Gasteiger partial charge in [-0.2, -0.15) is 0 Å². The Hall–Kier alpha value is -2.14. The summed E-state index contributed by atoms with van der Waals surface area (Å²) in [6, 6.07) is 5.15. The first-order valence-electron chi connectivity index (χ1n) is 6.85. The van der Waals surface area contributed by atoms with Gasteiger partial charge in [-0.15, -0.1) is 0 Å². The van der Waals surface area contributed by atoms with Gasteiger partial charge in [0.15, 0.2) is 0 Å². The predicted molar refractivity (Wildman–Crippen MR) is 81.3 cm³/mol. The molecule has 1 rings (SSSR count). The minimum absolute atomic E-state index is 0.0298. The second-order valence-electron chi connectivity index (χ2n) is 4.72.